The lowest BCUT2D eigenvalue weighted by atomic mass is 10.1. The highest BCUT2D eigenvalue weighted by molar-refractivity contribution is 5.61. The summed E-state index contributed by atoms with van der Waals surface area (Å²) in [6.07, 6.45) is 0. The van der Waals surface area contributed by atoms with E-state index < -0.39 is 0 Å². The SMILES string of the molecule is CCOCCNc1ccc(C)c(N(C)C)c1. The zero-order chi connectivity index (χ0) is 12.0. The summed E-state index contributed by atoms with van der Waals surface area (Å²) in [5.41, 5.74) is 3.69. The first-order valence-corrected chi connectivity index (χ1v) is 5.74. The molecule has 0 spiro atoms. The topological polar surface area (TPSA) is 24.5 Å². The Morgan fingerprint density at radius 1 is 1.31 bits per heavy atom. The number of nitrogens with zero attached hydrogens (tertiary/aromatic N) is 1. The second-order valence-corrected chi connectivity index (χ2v) is 4.02. The molecule has 0 aromatic heterocycles. The van der Waals surface area contributed by atoms with Crippen LogP contribution in [0.5, 0.6) is 0 Å². The third kappa shape index (κ3) is 3.74. The molecule has 1 rings (SSSR count). The second kappa shape index (κ2) is 6.38. The number of hydrogen-bond donors (Lipinski definition) is 1. The first kappa shape index (κ1) is 12.8. The van der Waals surface area contributed by atoms with Gasteiger partial charge in [-0.2, -0.15) is 0 Å². The summed E-state index contributed by atoms with van der Waals surface area (Å²) in [5, 5.41) is 3.35. The van der Waals surface area contributed by atoms with E-state index in [1.807, 2.05) is 6.92 Å². The van der Waals surface area contributed by atoms with Gasteiger partial charge in [-0.15, -0.1) is 0 Å². The van der Waals surface area contributed by atoms with Gasteiger partial charge in [-0.3, -0.25) is 0 Å². The molecule has 1 N–H and O–H groups in total. The van der Waals surface area contributed by atoms with Crippen LogP contribution in [0.15, 0.2) is 18.2 Å². The molecule has 3 nitrogen and oxygen atoms in total. The van der Waals surface area contributed by atoms with E-state index in [-0.39, 0.29) is 0 Å². The minimum absolute atomic E-state index is 0.752. The largest absolute Gasteiger partial charge is 0.383 e. The zero-order valence-corrected chi connectivity index (χ0v) is 10.7. The molecule has 0 atom stereocenters. The Labute approximate surface area is 98.4 Å². The number of anilines is 2. The van der Waals surface area contributed by atoms with Gasteiger partial charge in [0.25, 0.3) is 0 Å². The van der Waals surface area contributed by atoms with E-state index in [1.165, 1.54) is 11.3 Å². The Balaban J connectivity index is 2.57. The van der Waals surface area contributed by atoms with Gasteiger partial charge in [0.2, 0.25) is 0 Å². The molecule has 0 saturated heterocycles. The molecule has 0 heterocycles. The van der Waals surface area contributed by atoms with Gasteiger partial charge < -0.3 is 15.0 Å². The summed E-state index contributed by atoms with van der Waals surface area (Å²) in [6, 6.07) is 6.41. The predicted molar refractivity (Wildman–Crippen MR) is 70.5 cm³/mol. The Morgan fingerprint density at radius 3 is 2.69 bits per heavy atom. The summed E-state index contributed by atoms with van der Waals surface area (Å²) < 4.78 is 5.28. The Kier molecular flexibility index (Phi) is 5.12. The fraction of sp³-hybridized carbons (Fsp3) is 0.538. The first-order chi connectivity index (χ1) is 7.65. The normalized spacial score (nSPS) is 10.2. The zero-order valence-electron chi connectivity index (χ0n) is 10.7. The highest BCUT2D eigenvalue weighted by Crippen LogP contribution is 2.22. The number of benzene rings is 1. The van der Waals surface area contributed by atoms with E-state index in [0.717, 1.165) is 25.4 Å². The van der Waals surface area contributed by atoms with Gasteiger partial charge in [-0.25, -0.2) is 0 Å². The third-order valence-corrected chi connectivity index (χ3v) is 2.47. The quantitative estimate of drug-likeness (QED) is 0.748. The fourth-order valence-electron chi connectivity index (χ4n) is 1.61. The summed E-state index contributed by atoms with van der Waals surface area (Å²) in [5.74, 6) is 0. The van der Waals surface area contributed by atoms with Crippen molar-refractivity contribution in [3.63, 3.8) is 0 Å². The highest BCUT2D eigenvalue weighted by atomic mass is 16.5. The van der Waals surface area contributed by atoms with Crippen LogP contribution in [-0.4, -0.2) is 33.9 Å². The molecule has 3 heteroatoms. The van der Waals surface area contributed by atoms with Crippen LogP contribution in [0.25, 0.3) is 0 Å². The third-order valence-electron chi connectivity index (χ3n) is 2.47. The minimum Gasteiger partial charge on any atom is -0.383 e. The van der Waals surface area contributed by atoms with Crippen molar-refractivity contribution in [1.29, 1.82) is 0 Å². The Hall–Kier alpha value is -1.22. The molecular weight excluding hydrogens is 200 g/mol. The summed E-state index contributed by atoms with van der Waals surface area (Å²) >= 11 is 0. The molecule has 16 heavy (non-hydrogen) atoms. The lowest BCUT2D eigenvalue weighted by molar-refractivity contribution is 0.158. The van der Waals surface area contributed by atoms with Crippen molar-refractivity contribution >= 4 is 11.4 Å². The molecule has 0 fully saturated rings. The molecule has 0 saturated carbocycles. The van der Waals surface area contributed by atoms with Gasteiger partial charge in [0.15, 0.2) is 0 Å². The molecule has 1 aromatic carbocycles. The molecule has 0 bridgehead atoms. The van der Waals surface area contributed by atoms with Gasteiger partial charge in [-0.05, 0) is 31.5 Å². The Bertz CT molecular complexity index is 324. The van der Waals surface area contributed by atoms with Crippen molar-refractivity contribution in [3.05, 3.63) is 23.8 Å². The average molecular weight is 222 g/mol. The molecule has 1 aromatic rings. The lowest BCUT2D eigenvalue weighted by Crippen LogP contribution is -2.12. The number of aryl methyl sites for hydroxylation is 1. The smallest absolute Gasteiger partial charge is 0.0638 e. The summed E-state index contributed by atoms with van der Waals surface area (Å²) in [4.78, 5) is 2.13. The number of ether oxygens (including phenoxy) is 1. The van der Waals surface area contributed by atoms with Gasteiger partial charge in [0, 0.05) is 38.6 Å². The van der Waals surface area contributed by atoms with Crippen molar-refractivity contribution in [2.75, 3.05) is 44.1 Å². The highest BCUT2D eigenvalue weighted by Gasteiger charge is 2.01. The molecule has 0 unspecified atom stereocenters. The van der Waals surface area contributed by atoms with Gasteiger partial charge >= 0.3 is 0 Å². The van der Waals surface area contributed by atoms with Crippen molar-refractivity contribution in [1.82, 2.24) is 0 Å². The van der Waals surface area contributed by atoms with E-state index >= 15 is 0 Å². The molecule has 90 valence electrons. The molecule has 0 amide bonds. The van der Waals surface area contributed by atoms with Gasteiger partial charge in [0.1, 0.15) is 0 Å². The molecule has 0 aliphatic carbocycles. The number of hydrogen-bond acceptors (Lipinski definition) is 3. The van der Waals surface area contributed by atoms with Crippen LogP contribution in [0.2, 0.25) is 0 Å². The second-order valence-electron chi connectivity index (χ2n) is 4.02. The monoisotopic (exact) mass is 222 g/mol. The van der Waals surface area contributed by atoms with Gasteiger partial charge in [0.05, 0.1) is 6.61 Å². The maximum Gasteiger partial charge on any atom is 0.0638 e. The molecule has 0 radical (unpaired) electrons. The van der Waals surface area contributed by atoms with E-state index in [1.54, 1.807) is 0 Å². The lowest BCUT2D eigenvalue weighted by Gasteiger charge is -2.17. The summed E-state index contributed by atoms with van der Waals surface area (Å²) in [7, 11) is 4.12. The van der Waals surface area contributed by atoms with Crippen molar-refractivity contribution in [3.8, 4) is 0 Å². The maximum absolute atomic E-state index is 5.28. The maximum atomic E-state index is 5.28. The molecule has 0 aliphatic rings. The summed E-state index contributed by atoms with van der Waals surface area (Å²) in [6.45, 7) is 6.51. The number of nitrogens with one attached hydrogen (secondary N) is 1. The van der Waals surface area contributed by atoms with Crippen LogP contribution in [0.4, 0.5) is 11.4 Å². The van der Waals surface area contributed by atoms with Crippen LogP contribution in [0.1, 0.15) is 12.5 Å². The van der Waals surface area contributed by atoms with Crippen LogP contribution in [0.3, 0.4) is 0 Å². The average Bonchev–Trinajstić information content (AvgIpc) is 2.26. The predicted octanol–water partition coefficient (Wildman–Crippen LogP) is 2.51. The molecule has 0 aliphatic heterocycles. The minimum atomic E-state index is 0.752. The van der Waals surface area contributed by atoms with E-state index in [4.69, 9.17) is 4.74 Å². The first-order valence-electron chi connectivity index (χ1n) is 5.74. The van der Waals surface area contributed by atoms with Crippen molar-refractivity contribution in [2.24, 2.45) is 0 Å². The van der Waals surface area contributed by atoms with Gasteiger partial charge in [-0.1, -0.05) is 6.07 Å². The fourth-order valence-corrected chi connectivity index (χ4v) is 1.61. The molecular formula is C13H22N2O. The number of rotatable bonds is 6. The van der Waals surface area contributed by atoms with Crippen LogP contribution in [-0.2, 0) is 4.74 Å². The van der Waals surface area contributed by atoms with Crippen molar-refractivity contribution < 1.29 is 4.74 Å². The van der Waals surface area contributed by atoms with E-state index in [9.17, 15) is 0 Å². The van der Waals surface area contributed by atoms with E-state index in [0.29, 0.717) is 0 Å². The van der Waals surface area contributed by atoms with Crippen LogP contribution in [0, 0.1) is 6.92 Å². The van der Waals surface area contributed by atoms with E-state index in [2.05, 4.69) is 49.4 Å². The van der Waals surface area contributed by atoms with Crippen LogP contribution < -0.4 is 10.2 Å². The Morgan fingerprint density at radius 2 is 2.06 bits per heavy atom. The van der Waals surface area contributed by atoms with Crippen LogP contribution >= 0.6 is 0 Å². The van der Waals surface area contributed by atoms with Crippen molar-refractivity contribution in [2.45, 2.75) is 13.8 Å². The standard InChI is InChI=1S/C13H22N2O/c1-5-16-9-8-14-12-7-6-11(2)13(10-12)15(3)4/h6-7,10,14H,5,8-9H2,1-4H3.